The molecule has 0 unspecified atom stereocenters. The molecule has 2 aliphatic rings. The van der Waals surface area contributed by atoms with Gasteiger partial charge < -0.3 is 10.2 Å². The molecule has 9 nitrogen and oxygen atoms in total. The van der Waals surface area contributed by atoms with E-state index in [4.69, 9.17) is 0 Å². The predicted octanol–water partition coefficient (Wildman–Crippen LogP) is 0.769. The van der Waals surface area contributed by atoms with Gasteiger partial charge in [0.05, 0.1) is 4.90 Å². The summed E-state index contributed by atoms with van der Waals surface area (Å²) in [4.78, 5) is 39.3. The third-order valence-corrected chi connectivity index (χ3v) is 7.17. The quantitative estimate of drug-likeness (QED) is 0.681. The van der Waals surface area contributed by atoms with Crippen LogP contribution in [0.1, 0.15) is 26.7 Å². The van der Waals surface area contributed by atoms with Gasteiger partial charge >= 0.3 is 6.03 Å². The van der Waals surface area contributed by atoms with Crippen molar-refractivity contribution in [2.24, 2.45) is 0 Å². The molecule has 2 aliphatic heterocycles. The summed E-state index contributed by atoms with van der Waals surface area (Å²) in [6.07, 6.45) is 0.419. The Morgan fingerprint density at radius 1 is 1.10 bits per heavy atom. The van der Waals surface area contributed by atoms with E-state index in [1.807, 2.05) is 0 Å². The SMILES string of the molecule is CC1(C)NC(=O)N(CCC(=O)N2CCCN(S(=O)(=O)c3ccc(F)cc3)CC2)C1=O. The monoisotopic (exact) mass is 440 g/mol. The summed E-state index contributed by atoms with van der Waals surface area (Å²) in [5.41, 5.74) is -0.988. The minimum absolute atomic E-state index is 0.00449. The number of sulfonamides is 1. The molecule has 0 spiro atoms. The number of imide groups is 1. The number of hydrogen-bond acceptors (Lipinski definition) is 5. The molecule has 164 valence electrons. The highest BCUT2D eigenvalue weighted by molar-refractivity contribution is 7.89. The van der Waals surface area contributed by atoms with Gasteiger partial charge in [-0.05, 0) is 44.5 Å². The van der Waals surface area contributed by atoms with E-state index in [1.54, 1.807) is 18.7 Å². The molecule has 1 N–H and O–H groups in total. The molecule has 1 aromatic carbocycles. The highest BCUT2D eigenvalue weighted by Crippen LogP contribution is 2.19. The lowest BCUT2D eigenvalue weighted by atomic mass is 10.1. The van der Waals surface area contributed by atoms with Crippen molar-refractivity contribution in [2.45, 2.75) is 37.1 Å². The second kappa shape index (κ2) is 8.31. The van der Waals surface area contributed by atoms with Crippen molar-refractivity contribution in [3.8, 4) is 0 Å². The van der Waals surface area contributed by atoms with E-state index in [9.17, 15) is 27.2 Å². The van der Waals surface area contributed by atoms with Crippen molar-refractivity contribution in [3.63, 3.8) is 0 Å². The number of nitrogens with one attached hydrogen (secondary N) is 1. The fourth-order valence-corrected chi connectivity index (χ4v) is 5.00. The zero-order valence-electron chi connectivity index (χ0n) is 16.9. The Morgan fingerprint density at radius 3 is 2.37 bits per heavy atom. The molecule has 0 aromatic heterocycles. The number of halogens is 1. The molecule has 0 atom stereocenters. The molecule has 11 heteroatoms. The lowest BCUT2D eigenvalue weighted by Gasteiger charge is -2.23. The zero-order chi connectivity index (χ0) is 22.1. The normalized spacial score (nSPS) is 20.2. The van der Waals surface area contributed by atoms with Crippen molar-refractivity contribution < 1.29 is 27.2 Å². The van der Waals surface area contributed by atoms with Crippen LogP contribution in [0.15, 0.2) is 29.2 Å². The van der Waals surface area contributed by atoms with E-state index < -0.39 is 27.4 Å². The fraction of sp³-hybridized carbons (Fsp3) is 0.526. The molecule has 0 bridgehead atoms. The Hall–Kier alpha value is -2.53. The van der Waals surface area contributed by atoms with Crippen LogP contribution in [0.5, 0.6) is 0 Å². The van der Waals surface area contributed by atoms with Crippen LogP contribution in [0.3, 0.4) is 0 Å². The standard InChI is InChI=1S/C19H25FN4O5S/c1-19(2)17(26)24(18(27)21-19)11-8-16(25)22-9-3-10-23(13-12-22)30(28,29)15-6-4-14(20)5-7-15/h4-7H,3,8-13H2,1-2H3,(H,21,27). The lowest BCUT2D eigenvalue weighted by Crippen LogP contribution is -2.41. The minimum Gasteiger partial charge on any atom is -0.341 e. The van der Waals surface area contributed by atoms with E-state index in [-0.39, 0.29) is 49.3 Å². The molecule has 2 fully saturated rings. The summed E-state index contributed by atoms with van der Waals surface area (Å²) < 4.78 is 39.9. The molecule has 0 saturated carbocycles. The maximum absolute atomic E-state index is 13.1. The number of benzene rings is 1. The van der Waals surface area contributed by atoms with Gasteiger partial charge in [0.2, 0.25) is 15.9 Å². The number of urea groups is 1. The molecule has 30 heavy (non-hydrogen) atoms. The maximum atomic E-state index is 13.1. The van der Waals surface area contributed by atoms with Gasteiger partial charge in [-0.15, -0.1) is 0 Å². The van der Waals surface area contributed by atoms with E-state index in [2.05, 4.69) is 5.32 Å². The van der Waals surface area contributed by atoms with Gasteiger partial charge in [-0.25, -0.2) is 17.6 Å². The van der Waals surface area contributed by atoms with Crippen molar-refractivity contribution in [1.82, 2.24) is 19.4 Å². The molecule has 0 aliphatic carbocycles. The lowest BCUT2D eigenvalue weighted by molar-refractivity contribution is -0.133. The largest absolute Gasteiger partial charge is 0.341 e. The molecule has 2 heterocycles. The van der Waals surface area contributed by atoms with Gasteiger partial charge in [0, 0.05) is 39.1 Å². The van der Waals surface area contributed by atoms with E-state index in [1.165, 1.54) is 16.4 Å². The fourth-order valence-electron chi connectivity index (χ4n) is 3.53. The Morgan fingerprint density at radius 2 is 1.77 bits per heavy atom. The number of carbonyl (C=O) groups excluding carboxylic acids is 3. The van der Waals surface area contributed by atoms with Gasteiger partial charge in [-0.3, -0.25) is 14.5 Å². The Labute approximate surface area is 174 Å². The number of rotatable bonds is 5. The maximum Gasteiger partial charge on any atom is 0.325 e. The average Bonchev–Trinajstić information content (AvgIpc) is 2.87. The van der Waals surface area contributed by atoms with Gasteiger partial charge in [-0.2, -0.15) is 4.31 Å². The second-order valence-electron chi connectivity index (χ2n) is 7.85. The number of amides is 4. The van der Waals surface area contributed by atoms with E-state index >= 15 is 0 Å². The van der Waals surface area contributed by atoms with Crippen LogP contribution >= 0.6 is 0 Å². The van der Waals surface area contributed by atoms with Crippen molar-refractivity contribution in [1.29, 1.82) is 0 Å². The summed E-state index contributed by atoms with van der Waals surface area (Å²) in [6, 6.07) is 4.11. The Kier molecular flexibility index (Phi) is 6.14. The first-order chi connectivity index (χ1) is 14.0. The number of hydrogen-bond donors (Lipinski definition) is 1. The Bertz CT molecular complexity index is 948. The summed E-state index contributed by atoms with van der Waals surface area (Å²) in [5, 5.41) is 2.56. The predicted molar refractivity (Wildman–Crippen MR) is 105 cm³/mol. The average molecular weight is 440 g/mol. The van der Waals surface area contributed by atoms with Gasteiger partial charge in [0.25, 0.3) is 5.91 Å². The first kappa shape index (κ1) is 22.2. The third-order valence-electron chi connectivity index (χ3n) is 5.25. The molecule has 1 aromatic rings. The van der Waals surface area contributed by atoms with Crippen LogP contribution in [0, 0.1) is 5.82 Å². The molecule has 3 rings (SSSR count). The van der Waals surface area contributed by atoms with Gasteiger partial charge in [0.1, 0.15) is 11.4 Å². The summed E-state index contributed by atoms with van der Waals surface area (Å²) in [5.74, 6) is -1.15. The minimum atomic E-state index is -3.78. The van der Waals surface area contributed by atoms with Gasteiger partial charge in [0.15, 0.2) is 0 Å². The highest BCUT2D eigenvalue weighted by atomic mass is 32.2. The van der Waals surface area contributed by atoms with Crippen molar-refractivity contribution in [2.75, 3.05) is 32.7 Å². The topological polar surface area (TPSA) is 107 Å². The smallest absolute Gasteiger partial charge is 0.325 e. The van der Waals surface area contributed by atoms with Gasteiger partial charge in [-0.1, -0.05) is 0 Å². The molecule has 4 amide bonds. The van der Waals surface area contributed by atoms with Crippen LogP contribution < -0.4 is 5.32 Å². The molecular formula is C19H25FN4O5S. The Balaban J connectivity index is 1.58. The van der Waals surface area contributed by atoms with Crippen LogP contribution in [0.25, 0.3) is 0 Å². The summed E-state index contributed by atoms with van der Waals surface area (Å²) >= 11 is 0. The van der Waals surface area contributed by atoms with Crippen LogP contribution in [0.2, 0.25) is 0 Å². The van der Waals surface area contributed by atoms with E-state index in [0.717, 1.165) is 17.0 Å². The van der Waals surface area contributed by atoms with Crippen molar-refractivity contribution >= 4 is 27.9 Å². The highest BCUT2D eigenvalue weighted by Gasteiger charge is 2.44. The summed E-state index contributed by atoms with van der Waals surface area (Å²) in [6.45, 7) is 4.10. The van der Waals surface area contributed by atoms with Crippen LogP contribution in [0.4, 0.5) is 9.18 Å². The molecule has 2 saturated heterocycles. The second-order valence-corrected chi connectivity index (χ2v) is 9.79. The third kappa shape index (κ3) is 4.46. The molecule has 0 radical (unpaired) electrons. The first-order valence-corrected chi connectivity index (χ1v) is 11.1. The number of carbonyl (C=O) groups is 3. The van der Waals surface area contributed by atoms with Crippen molar-refractivity contribution in [3.05, 3.63) is 30.1 Å². The zero-order valence-corrected chi connectivity index (χ0v) is 17.7. The first-order valence-electron chi connectivity index (χ1n) is 9.70. The summed E-state index contributed by atoms with van der Waals surface area (Å²) in [7, 11) is -3.78. The molecular weight excluding hydrogens is 415 g/mol. The number of nitrogens with zero attached hydrogens (tertiary/aromatic N) is 3. The van der Waals surface area contributed by atoms with Crippen LogP contribution in [-0.4, -0.2) is 78.6 Å². The van der Waals surface area contributed by atoms with E-state index in [0.29, 0.717) is 13.0 Å². The van der Waals surface area contributed by atoms with Crippen LogP contribution in [-0.2, 0) is 19.6 Å².